The van der Waals surface area contributed by atoms with Crippen molar-refractivity contribution < 1.29 is 31.1 Å². The highest BCUT2D eigenvalue weighted by Crippen LogP contribution is 2.32. The maximum absolute atomic E-state index is 13.0. The Kier molecular flexibility index (Phi) is 8.90. The van der Waals surface area contributed by atoms with Gasteiger partial charge in [-0.3, -0.25) is 9.69 Å². The van der Waals surface area contributed by atoms with E-state index in [1.54, 1.807) is 6.07 Å². The highest BCUT2D eigenvalue weighted by Gasteiger charge is 2.31. The van der Waals surface area contributed by atoms with Crippen LogP contribution in [0.5, 0.6) is 0 Å². The molecule has 2 fully saturated rings. The smallest absolute Gasteiger partial charge is 0.369 e. The lowest BCUT2D eigenvalue weighted by molar-refractivity contribution is -0.138. The quantitative estimate of drug-likeness (QED) is 0.396. The first-order valence-corrected chi connectivity index (χ1v) is 13.1. The Labute approximate surface area is 219 Å². The molecule has 2 heterocycles. The number of amides is 1. The first kappa shape index (κ1) is 28.3. The van der Waals surface area contributed by atoms with Crippen LogP contribution >= 0.6 is 0 Å². The average molecular weight is 542 g/mol. The van der Waals surface area contributed by atoms with E-state index in [-0.39, 0.29) is 11.8 Å². The number of hydrogen-bond acceptors (Lipinski definition) is 3. The third kappa shape index (κ3) is 7.65. The highest BCUT2D eigenvalue weighted by molar-refractivity contribution is 5.76. The zero-order valence-electron chi connectivity index (χ0n) is 21.2. The summed E-state index contributed by atoms with van der Waals surface area (Å²) >= 11 is 0. The van der Waals surface area contributed by atoms with E-state index in [1.165, 1.54) is 24.3 Å². The van der Waals surface area contributed by atoms with Gasteiger partial charge in [0.15, 0.2) is 0 Å². The Morgan fingerprint density at radius 2 is 1.42 bits per heavy atom. The number of carbonyl (C=O) groups excluding carboxylic acids is 1. The minimum absolute atomic E-state index is 0.117. The summed E-state index contributed by atoms with van der Waals surface area (Å²) < 4.78 is 77.2. The SMILES string of the molecule is O=C(CCCN1CCN(c2ccc(C(F)(F)F)cc2)CC1)N1CCC(Cc2cccc(C(F)(F)F)c2)CC1. The van der Waals surface area contributed by atoms with Gasteiger partial charge in [-0.25, -0.2) is 0 Å². The molecule has 0 saturated carbocycles. The van der Waals surface area contributed by atoms with E-state index in [2.05, 4.69) is 9.80 Å². The monoisotopic (exact) mass is 541 g/mol. The van der Waals surface area contributed by atoms with Gasteiger partial charge in [0.05, 0.1) is 11.1 Å². The molecule has 0 N–H and O–H groups in total. The van der Waals surface area contributed by atoms with Crippen molar-refractivity contribution in [3.8, 4) is 0 Å². The standard InChI is InChI=1S/C28H33F6N3O/c29-27(30,31)23-6-8-25(9-7-23)36-17-15-35(16-18-36)12-2-5-26(38)37-13-10-21(11-14-37)19-22-3-1-4-24(20-22)28(32,33)34/h1,3-4,6-9,20-21H,2,5,10-19H2. The van der Waals surface area contributed by atoms with Crippen LogP contribution in [0, 0.1) is 5.92 Å². The fourth-order valence-electron chi connectivity index (χ4n) is 5.30. The molecule has 4 nitrogen and oxygen atoms in total. The summed E-state index contributed by atoms with van der Waals surface area (Å²) in [5.74, 6) is 0.384. The zero-order chi connectivity index (χ0) is 27.3. The van der Waals surface area contributed by atoms with Gasteiger partial charge in [0.1, 0.15) is 0 Å². The van der Waals surface area contributed by atoms with Crippen LogP contribution in [-0.4, -0.2) is 61.5 Å². The second-order valence-electron chi connectivity index (χ2n) is 10.2. The van der Waals surface area contributed by atoms with Crippen molar-refractivity contribution in [1.29, 1.82) is 0 Å². The second-order valence-corrected chi connectivity index (χ2v) is 10.2. The van der Waals surface area contributed by atoms with E-state index < -0.39 is 23.5 Å². The number of carbonyl (C=O) groups is 1. The fraction of sp³-hybridized carbons (Fsp3) is 0.536. The predicted molar refractivity (Wildman–Crippen MR) is 134 cm³/mol. The number of anilines is 1. The number of nitrogens with zero attached hydrogens (tertiary/aromatic N) is 3. The molecule has 4 rings (SSSR count). The Morgan fingerprint density at radius 3 is 2.03 bits per heavy atom. The topological polar surface area (TPSA) is 26.8 Å². The molecule has 0 atom stereocenters. The predicted octanol–water partition coefficient (Wildman–Crippen LogP) is 6.11. The number of rotatable bonds is 7. The van der Waals surface area contributed by atoms with Gasteiger partial charge in [-0.15, -0.1) is 0 Å². The highest BCUT2D eigenvalue weighted by atomic mass is 19.4. The van der Waals surface area contributed by atoms with Crippen LogP contribution in [-0.2, 0) is 23.6 Å². The molecule has 0 aromatic heterocycles. The number of piperazine rings is 1. The van der Waals surface area contributed by atoms with E-state index in [0.717, 1.165) is 75.9 Å². The van der Waals surface area contributed by atoms with Gasteiger partial charge < -0.3 is 9.80 Å². The van der Waals surface area contributed by atoms with Gasteiger partial charge in [0, 0.05) is 51.4 Å². The number of hydrogen-bond donors (Lipinski definition) is 0. The molecule has 10 heteroatoms. The molecule has 0 bridgehead atoms. The molecule has 1 amide bonds. The summed E-state index contributed by atoms with van der Waals surface area (Å²) in [5, 5.41) is 0. The number of benzene rings is 2. The Morgan fingerprint density at radius 1 is 0.789 bits per heavy atom. The van der Waals surface area contributed by atoms with E-state index in [4.69, 9.17) is 0 Å². The summed E-state index contributed by atoms with van der Waals surface area (Å²) in [7, 11) is 0. The molecular weight excluding hydrogens is 508 g/mol. The van der Waals surface area contributed by atoms with Crippen molar-refractivity contribution in [1.82, 2.24) is 9.80 Å². The lowest BCUT2D eigenvalue weighted by Crippen LogP contribution is -2.46. The van der Waals surface area contributed by atoms with E-state index in [1.807, 2.05) is 4.90 Å². The molecule has 0 radical (unpaired) electrons. The van der Waals surface area contributed by atoms with Crippen LogP contribution in [0.3, 0.4) is 0 Å². The second kappa shape index (κ2) is 12.0. The molecule has 0 spiro atoms. The summed E-state index contributed by atoms with van der Waals surface area (Å²) in [6.45, 7) is 5.07. The average Bonchev–Trinajstić information content (AvgIpc) is 2.89. The molecule has 2 aromatic carbocycles. The minimum Gasteiger partial charge on any atom is -0.369 e. The molecule has 2 aliphatic heterocycles. The molecule has 2 saturated heterocycles. The van der Waals surface area contributed by atoms with Crippen LogP contribution in [0.1, 0.15) is 42.4 Å². The molecule has 38 heavy (non-hydrogen) atoms. The molecule has 2 aromatic rings. The Balaban J connectivity index is 1.13. The van der Waals surface area contributed by atoms with Crippen LogP contribution in [0.15, 0.2) is 48.5 Å². The van der Waals surface area contributed by atoms with E-state index in [9.17, 15) is 31.1 Å². The maximum atomic E-state index is 13.0. The lowest BCUT2D eigenvalue weighted by atomic mass is 9.89. The molecular formula is C28H33F6N3O. The summed E-state index contributed by atoms with van der Waals surface area (Å²) in [5.41, 5.74) is 0.195. The van der Waals surface area contributed by atoms with Gasteiger partial charge in [-0.05, 0) is 74.0 Å². The van der Waals surface area contributed by atoms with Gasteiger partial charge in [-0.1, -0.05) is 18.2 Å². The largest absolute Gasteiger partial charge is 0.416 e. The first-order valence-electron chi connectivity index (χ1n) is 13.1. The van der Waals surface area contributed by atoms with Gasteiger partial charge >= 0.3 is 12.4 Å². The van der Waals surface area contributed by atoms with Crippen LogP contribution in [0.25, 0.3) is 0 Å². The third-order valence-electron chi connectivity index (χ3n) is 7.54. The van der Waals surface area contributed by atoms with Crippen molar-refractivity contribution in [2.75, 3.05) is 50.7 Å². The van der Waals surface area contributed by atoms with Gasteiger partial charge in [-0.2, -0.15) is 26.3 Å². The lowest BCUT2D eigenvalue weighted by Gasteiger charge is -2.36. The summed E-state index contributed by atoms with van der Waals surface area (Å²) in [4.78, 5) is 18.9. The first-order chi connectivity index (χ1) is 18.0. The van der Waals surface area contributed by atoms with E-state index in [0.29, 0.717) is 31.5 Å². The molecule has 208 valence electrons. The van der Waals surface area contributed by atoms with Crippen LogP contribution < -0.4 is 4.90 Å². The minimum atomic E-state index is -4.34. The molecule has 0 unspecified atom stereocenters. The van der Waals surface area contributed by atoms with Crippen LogP contribution in [0.2, 0.25) is 0 Å². The Hall–Kier alpha value is -2.75. The fourth-order valence-corrected chi connectivity index (χ4v) is 5.30. The molecule has 0 aliphatic carbocycles. The number of piperidine rings is 1. The maximum Gasteiger partial charge on any atom is 0.416 e. The summed E-state index contributed by atoms with van der Waals surface area (Å²) in [6, 6.07) is 10.7. The van der Waals surface area contributed by atoms with Gasteiger partial charge in [0.2, 0.25) is 5.91 Å². The van der Waals surface area contributed by atoms with Crippen molar-refractivity contribution in [2.45, 2.75) is 44.5 Å². The van der Waals surface area contributed by atoms with Crippen molar-refractivity contribution in [3.05, 3.63) is 65.2 Å². The number of likely N-dealkylation sites (tertiary alicyclic amines) is 1. The van der Waals surface area contributed by atoms with Crippen molar-refractivity contribution >= 4 is 11.6 Å². The number of halogens is 6. The number of alkyl halides is 6. The third-order valence-corrected chi connectivity index (χ3v) is 7.54. The Bertz CT molecular complexity index is 1050. The normalized spacial score (nSPS) is 18.2. The van der Waals surface area contributed by atoms with Gasteiger partial charge in [0.25, 0.3) is 0 Å². The zero-order valence-corrected chi connectivity index (χ0v) is 21.2. The summed E-state index contributed by atoms with van der Waals surface area (Å²) in [6.07, 6.45) is -5.32. The van der Waals surface area contributed by atoms with Crippen LogP contribution in [0.4, 0.5) is 32.0 Å². The molecule has 2 aliphatic rings. The van der Waals surface area contributed by atoms with E-state index >= 15 is 0 Å². The van der Waals surface area contributed by atoms with Crippen molar-refractivity contribution in [2.24, 2.45) is 5.92 Å². The van der Waals surface area contributed by atoms with Crippen molar-refractivity contribution in [3.63, 3.8) is 0 Å².